The van der Waals surface area contributed by atoms with Gasteiger partial charge in [-0.15, -0.1) is 0 Å². The summed E-state index contributed by atoms with van der Waals surface area (Å²) in [5.74, 6) is -2.86. The van der Waals surface area contributed by atoms with E-state index in [0.717, 1.165) is 46.2 Å². The minimum Gasteiger partial charge on any atom is -0.445 e. The molecule has 0 spiro atoms. The van der Waals surface area contributed by atoms with Gasteiger partial charge in [0.1, 0.15) is 47.0 Å². The average Bonchev–Trinajstić information content (AvgIpc) is 0.859. The Balaban J connectivity index is 0.000000879. The van der Waals surface area contributed by atoms with Crippen LogP contribution in [0.15, 0.2) is 72.8 Å². The summed E-state index contributed by atoms with van der Waals surface area (Å²) >= 11 is 0. The molecule has 117 heavy (non-hydrogen) atoms. The first kappa shape index (κ1) is 107. The van der Waals surface area contributed by atoms with Crippen molar-refractivity contribution < 1.29 is 80.2 Å². The molecular formula is C92H149N7O17S. The Morgan fingerprint density at radius 3 is 0.812 bits per heavy atom. The third-order valence-corrected chi connectivity index (χ3v) is 20.3. The number of nitrogens with one attached hydrogen (secondary N) is 3. The summed E-state index contributed by atoms with van der Waals surface area (Å²) in [5, 5.41) is 8.41. The third-order valence-electron chi connectivity index (χ3n) is 19.4. The number of sulfone groups is 1. The highest BCUT2D eigenvalue weighted by Gasteiger charge is 2.36. The number of hydrogen-bond donors (Lipinski definition) is 3. The van der Waals surface area contributed by atoms with Crippen molar-refractivity contribution in [2.45, 2.75) is 263 Å². The Bertz CT molecular complexity index is 3840. The number of benzene rings is 3. The predicted octanol–water partition coefficient (Wildman–Crippen LogP) is 14.9. The molecule has 0 aliphatic heterocycles. The molecule has 0 saturated carbocycles. The number of rotatable bonds is 39. The van der Waals surface area contributed by atoms with Crippen molar-refractivity contribution in [3.8, 4) is 0 Å². The van der Waals surface area contributed by atoms with Crippen LogP contribution in [0.4, 0.5) is 14.4 Å². The average molecular weight is 1660 g/mol. The number of hydrogen-bond acceptors (Lipinski definition) is 18. The van der Waals surface area contributed by atoms with Crippen LogP contribution in [0.5, 0.6) is 0 Å². The monoisotopic (exact) mass is 1660 g/mol. The van der Waals surface area contributed by atoms with Gasteiger partial charge in [0.25, 0.3) is 0 Å². The maximum absolute atomic E-state index is 12.9. The van der Waals surface area contributed by atoms with E-state index < -0.39 is 68.1 Å². The molecule has 0 unspecified atom stereocenters. The maximum atomic E-state index is 12.9. The number of carbonyl (C=O) groups excluding carboxylic acids is 12. The fourth-order valence-corrected chi connectivity index (χ4v) is 12.2. The van der Waals surface area contributed by atoms with E-state index in [1.165, 1.54) is 4.90 Å². The third kappa shape index (κ3) is 44.4. The fraction of sp³-hybridized carbons (Fsp3) is 0.674. The first-order chi connectivity index (χ1) is 53.3. The Hall–Kier alpha value is -8.19. The standard InChI is InChI=1S/C32H53N3O5.C31H50N2O7S.C29H46N2O5/c1-22(2)26(19-28(37)32(7,8)9)29(38)33-23(3)27(36)18-24-12-14-25(15-13-24)20-40-30(39)35(17-16-34(10)11)21-31(4,5)6;1-21(2)25(18-27(35)31(7,8)9)28(36)32-22(3)26(34)17-23-11-13-24(14-12-23)19-40-29(37)33(20-30(4,5)6)15-16-41(10,38)39;1-19(2)23(16-25(33)29(7,8)9)26(34)30-20(3)24(32)15-21-11-13-22(14-12-21)17-36-27(35)31(10)18-28(4,5)6/h12-15,22-23,26H,16-21H2,1-11H3,(H,33,38);11-14,21-22,25H,15-20H2,1-10H3,(H,32,36);11-14,19-20,23H,15-18H2,1-10H3,(H,30,34)/t23-,26-;22-,25-;20-,23-/m000/s1. The first-order valence-electron chi connectivity index (χ1n) is 41.2. The molecule has 24 nitrogen and oxygen atoms in total. The molecule has 0 fully saturated rings. The second kappa shape index (κ2) is 47.6. The largest absolute Gasteiger partial charge is 0.445 e. The van der Waals surface area contributed by atoms with E-state index in [4.69, 9.17) is 14.2 Å². The molecule has 660 valence electrons. The highest BCUT2D eigenvalue weighted by molar-refractivity contribution is 7.90. The maximum Gasteiger partial charge on any atom is 0.410 e. The summed E-state index contributed by atoms with van der Waals surface area (Å²) in [6.45, 7) is 54.5. The highest BCUT2D eigenvalue weighted by atomic mass is 32.2. The zero-order chi connectivity index (χ0) is 90.4. The van der Waals surface area contributed by atoms with Gasteiger partial charge in [0.2, 0.25) is 17.7 Å². The summed E-state index contributed by atoms with van der Waals surface area (Å²) in [5.41, 5.74) is 2.88. The lowest BCUT2D eigenvalue weighted by Gasteiger charge is -2.30. The van der Waals surface area contributed by atoms with Crippen molar-refractivity contribution in [1.82, 2.24) is 35.6 Å². The normalized spacial score (nSPS) is 13.7. The number of likely N-dealkylation sites (N-methyl/N-ethyl adjacent to an activating group) is 1. The van der Waals surface area contributed by atoms with Crippen LogP contribution in [0.25, 0.3) is 0 Å². The molecule has 3 N–H and O–H groups in total. The molecule has 0 heterocycles. The molecule has 0 aliphatic rings. The van der Waals surface area contributed by atoms with E-state index in [-0.39, 0.29) is 169 Å². The lowest BCUT2D eigenvalue weighted by atomic mass is 9.81. The van der Waals surface area contributed by atoms with Crippen LogP contribution in [-0.4, -0.2) is 189 Å². The molecule has 0 radical (unpaired) electrons. The van der Waals surface area contributed by atoms with Crippen LogP contribution in [0, 0.1) is 68.0 Å². The van der Waals surface area contributed by atoms with Crippen molar-refractivity contribution in [1.29, 1.82) is 0 Å². The van der Waals surface area contributed by atoms with Crippen LogP contribution in [0.2, 0.25) is 0 Å². The van der Waals surface area contributed by atoms with Gasteiger partial charge in [0.05, 0.1) is 23.9 Å². The molecule has 3 rings (SSSR count). The number of ether oxygens (including phenoxy) is 3. The Kier molecular flexibility index (Phi) is 43.4. The number of Topliss-reactive ketones (excluding diaryl/α,β-unsaturated/α-hetero) is 6. The van der Waals surface area contributed by atoms with Crippen molar-refractivity contribution in [3.63, 3.8) is 0 Å². The van der Waals surface area contributed by atoms with E-state index in [0.29, 0.717) is 26.2 Å². The quantitative estimate of drug-likeness (QED) is 0.0447. The fourth-order valence-electron chi connectivity index (χ4n) is 11.7. The summed E-state index contributed by atoms with van der Waals surface area (Å²) in [7, 11) is 2.43. The van der Waals surface area contributed by atoms with Crippen molar-refractivity contribution in [2.75, 3.05) is 72.4 Å². The molecule has 6 atom stereocenters. The molecular weight excluding hydrogens is 1510 g/mol. The van der Waals surface area contributed by atoms with Gasteiger partial charge < -0.3 is 49.8 Å². The van der Waals surface area contributed by atoms with Crippen LogP contribution in [0.1, 0.15) is 240 Å². The molecule has 3 aromatic rings. The summed E-state index contributed by atoms with van der Waals surface area (Å²) in [4.78, 5) is 159. The molecule has 3 aromatic carbocycles. The van der Waals surface area contributed by atoms with E-state index >= 15 is 0 Å². The molecule has 0 aliphatic carbocycles. The van der Waals surface area contributed by atoms with E-state index in [1.54, 1.807) is 61.9 Å². The van der Waals surface area contributed by atoms with Gasteiger partial charge in [-0.25, -0.2) is 22.8 Å². The zero-order valence-corrected chi connectivity index (χ0v) is 77.9. The van der Waals surface area contributed by atoms with Crippen molar-refractivity contribution in [2.24, 2.45) is 68.0 Å². The van der Waals surface area contributed by atoms with Crippen LogP contribution in [0.3, 0.4) is 0 Å². The molecule has 0 saturated heterocycles. The van der Waals surface area contributed by atoms with Gasteiger partial charge in [-0.05, 0) is 102 Å². The molecule has 0 aromatic heterocycles. The van der Waals surface area contributed by atoms with Crippen LogP contribution < -0.4 is 16.0 Å². The van der Waals surface area contributed by atoms with Gasteiger partial charge in [0, 0.05) is 125 Å². The Morgan fingerprint density at radius 2 is 0.590 bits per heavy atom. The Morgan fingerprint density at radius 1 is 0.350 bits per heavy atom. The number of ketones is 6. The molecule has 25 heteroatoms. The molecule has 6 amide bonds. The van der Waals surface area contributed by atoms with Crippen LogP contribution in [-0.2, 0) is 106 Å². The zero-order valence-electron chi connectivity index (χ0n) is 77.1. The number of carbonyl (C=O) groups is 12. The van der Waals surface area contributed by atoms with Crippen LogP contribution >= 0.6 is 0 Å². The van der Waals surface area contributed by atoms with Crippen molar-refractivity contribution >= 4 is 80.5 Å². The summed E-state index contributed by atoms with van der Waals surface area (Å²) in [6, 6.07) is 19.7. The molecule has 0 bridgehead atoms. The van der Waals surface area contributed by atoms with Crippen molar-refractivity contribution in [3.05, 3.63) is 106 Å². The summed E-state index contributed by atoms with van der Waals surface area (Å²) < 4.78 is 39.6. The van der Waals surface area contributed by atoms with E-state index in [2.05, 4.69) is 57.5 Å². The topological polar surface area (TPSA) is 316 Å². The predicted molar refractivity (Wildman–Crippen MR) is 463 cm³/mol. The van der Waals surface area contributed by atoms with E-state index in [9.17, 15) is 66.0 Å². The minimum atomic E-state index is -3.24. The van der Waals surface area contributed by atoms with Gasteiger partial charge in [-0.3, -0.25) is 43.2 Å². The van der Waals surface area contributed by atoms with Gasteiger partial charge in [0.15, 0.2) is 17.3 Å². The minimum absolute atomic E-state index is 0.00289. The first-order valence-corrected chi connectivity index (χ1v) is 43.2. The number of nitrogens with zero attached hydrogens (tertiary/aromatic N) is 4. The second-order valence-corrected chi connectivity index (χ2v) is 42.0. The summed E-state index contributed by atoms with van der Waals surface area (Å²) in [6.07, 6.45) is 0.717. The SMILES string of the molecule is CC(C)[C@H](CC(=O)C(C)(C)C)C(=O)N[C@@H](C)C(=O)Cc1ccc(COC(=O)N(C)CC(C)(C)C)cc1.CC(C)[C@H](CC(=O)C(C)(C)C)C(=O)N[C@@H](C)C(=O)Cc1ccc(COC(=O)N(CCN(C)C)CC(C)(C)C)cc1.CC(C)[C@H](CC(=O)C(C)(C)C)C(=O)N[C@@H](C)C(=O)Cc1ccc(COC(=O)N(CCS(C)(=O)=O)CC(C)(C)C)cc1. The number of amides is 6. The van der Waals surface area contributed by atoms with Gasteiger partial charge in [-0.1, -0.05) is 239 Å². The smallest absolute Gasteiger partial charge is 0.410 e. The lowest BCUT2D eigenvalue weighted by Crippen LogP contribution is -2.44. The van der Waals surface area contributed by atoms with Gasteiger partial charge >= 0.3 is 18.3 Å². The Labute approximate surface area is 702 Å². The van der Waals surface area contributed by atoms with E-state index in [1.807, 2.05) is 192 Å². The van der Waals surface area contributed by atoms with Gasteiger partial charge in [-0.2, -0.15) is 0 Å². The lowest BCUT2D eigenvalue weighted by molar-refractivity contribution is -0.135. The highest BCUT2D eigenvalue weighted by Crippen LogP contribution is 2.29. The second-order valence-electron chi connectivity index (χ2n) is 39.7.